The van der Waals surface area contributed by atoms with Gasteiger partial charge in [-0.2, -0.15) is 10.4 Å². The Morgan fingerprint density at radius 1 is 1.19 bits per heavy atom. The zero-order valence-corrected chi connectivity index (χ0v) is 16.4. The molecule has 1 aliphatic rings. The fourth-order valence-corrected chi connectivity index (χ4v) is 3.47. The Morgan fingerprint density at radius 3 is 2.55 bits per heavy atom. The molecule has 0 unspecified atom stereocenters. The van der Waals surface area contributed by atoms with Crippen LogP contribution in [0.2, 0.25) is 0 Å². The summed E-state index contributed by atoms with van der Waals surface area (Å²) in [6.07, 6.45) is 4.69. The third kappa shape index (κ3) is 4.32. The van der Waals surface area contributed by atoms with E-state index in [1.165, 1.54) is 12.1 Å². The van der Waals surface area contributed by atoms with Crippen molar-refractivity contribution < 1.29 is 9.72 Å². The van der Waals surface area contributed by atoms with Gasteiger partial charge >= 0.3 is 0 Å². The Bertz CT molecular complexity index is 1130. The number of carbonyl (C=O) groups excluding carboxylic acids is 1. The van der Waals surface area contributed by atoms with Crippen LogP contribution in [0.3, 0.4) is 0 Å². The molecule has 3 heterocycles. The quantitative estimate of drug-likeness (QED) is 0.491. The zero-order chi connectivity index (χ0) is 21.8. The second-order valence-corrected chi connectivity index (χ2v) is 7.05. The molecule has 3 aromatic rings. The summed E-state index contributed by atoms with van der Waals surface area (Å²) in [6, 6.07) is 11.2. The lowest BCUT2D eigenvalue weighted by atomic mass is 9.95. The van der Waals surface area contributed by atoms with E-state index < -0.39 is 4.92 Å². The van der Waals surface area contributed by atoms with Crippen molar-refractivity contribution in [1.29, 1.82) is 5.26 Å². The Balaban J connectivity index is 1.36. The Kier molecular flexibility index (Phi) is 5.53. The molecule has 1 N–H and O–H groups in total. The van der Waals surface area contributed by atoms with Gasteiger partial charge in [-0.15, -0.1) is 10.2 Å². The van der Waals surface area contributed by atoms with Gasteiger partial charge < -0.3 is 10.2 Å². The fraction of sp³-hybridized carbons (Fsp3) is 0.250. The number of hydrogen-bond donors (Lipinski definition) is 1. The summed E-state index contributed by atoms with van der Waals surface area (Å²) in [4.78, 5) is 25.0. The number of anilines is 2. The van der Waals surface area contributed by atoms with Crippen molar-refractivity contribution in [3.05, 3.63) is 64.5 Å². The highest BCUT2D eigenvalue weighted by Gasteiger charge is 2.26. The average molecular weight is 418 g/mol. The van der Waals surface area contributed by atoms with Crippen LogP contribution < -0.4 is 10.2 Å². The molecule has 1 aromatic carbocycles. The Morgan fingerprint density at radius 2 is 1.94 bits per heavy atom. The number of nitrogens with zero attached hydrogens (tertiary/aromatic N) is 7. The van der Waals surface area contributed by atoms with Gasteiger partial charge in [-0.25, -0.2) is 4.68 Å². The molecule has 1 fully saturated rings. The molecule has 0 atom stereocenters. The number of piperidine rings is 1. The number of nitriles is 1. The normalized spacial score (nSPS) is 14.1. The van der Waals surface area contributed by atoms with Gasteiger partial charge in [0.1, 0.15) is 6.07 Å². The molecule has 11 nitrogen and oxygen atoms in total. The molecule has 0 spiro atoms. The minimum absolute atomic E-state index is 0.0625. The van der Waals surface area contributed by atoms with Crippen LogP contribution in [0, 0.1) is 27.4 Å². The molecule has 31 heavy (non-hydrogen) atoms. The summed E-state index contributed by atoms with van der Waals surface area (Å²) < 4.78 is 1.63. The Hall–Kier alpha value is -4.33. The van der Waals surface area contributed by atoms with Crippen LogP contribution in [0.25, 0.3) is 5.82 Å². The smallest absolute Gasteiger partial charge is 0.270 e. The second-order valence-electron chi connectivity index (χ2n) is 7.05. The molecule has 2 aromatic heterocycles. The number of nitro groups is 1. The van der Waals surface area contributed by atoms with E-state index in [-0.39, 0.29) is 28.8 Å². The first-order chi connectivity index (χ1) is 15.0. The van der Waals surface area contributed by atoms with Crippen molar-refractivity contribution in [2.24, 2.45) is 5.92 Å². The molecule has 0 aliphatic carbocycles. The van der Waals surface area contributed by atoms with Crippen molar-refractivity contribution in [2.75, 3.05) is 23.3 Å². The summed E-state index contributed by atoms with van der Waals surface area (Å²) in [6.45, 7) is 1.28. The fourth-order valence-electron chi connectivity index (χ4n) is 3.47. The molecule has 4 rings (SSSR count). The first kappa shape index (κ1) is 20.0. The number of rotatable bonds is 5. The highest BCUT2D eigenvalue weighted by molar-refractivity contribution is 5.94. The molecular weight excluding hydrogens is 400 g/mol. The van der Waals surface area contributed by atoms with E-state index in [0.717, 1.165) is 11.9 Å². The molecule has 1 amide bonds. The van der Waals surface area contributed by atoms with Crippen molar-refractivity contribution in [3.8, 4) is 11.9 Å². The van der Waals surface area contributed by atoms with Gasteiger partial charge in [0.2, 0.25) is 5.91 Å². The summed E-state index contributed by atoms with van der Waals surface area (Å²) in [5.74, 6) is 0.927. The van der Waals surface area contributed by atoms with Gasteiger partial charge in [0.25, 0.3) is 5.69 Å². The number of hydrogen-bond acceptors (Lipinski definition) is 8. The molecule has 0 bridgehead atoms. The predicted octanol–water partition coefficient (Wildman–Crippen LogP) is 2.30. The van der Waals surface area contributed by atoms with Gasteiger partial charge in [-0.05, 0) is 37.1 Å². The molecule has 0 saturated carbocycles. The summed E-state index contributed by atoms with van der Waals surface area (Å²) in [5, 5.41) is 35.4. The second kappa shape index (κ2) is 8.58. The van der Waals surface area contributed by atoms with Crippen LogP contribution in [0.1, 0.15) is 18.4 Å². The minimum Gasteiger partial charge on any atom is -0.355 e. The largest absolute Gasteiger partial charge is 0.355 e. The standard InChI is InChI=1S/C20H18N8O3/c21-13-15-12-16(28(30)31)2-3-17(15)23-20(29)14-6-10-26(11-7-14)18-4-5-19(25-24-18)27-9-1-8-22-27/h1-5,8-9,12,14H,6-7,10-11H2,(H,23,29). The summed E-state index contributed by atoms with van der Waals surface area (Å²) >= 11 is 0. The van der Waals surface area contributed by atoms with Gasteiger partial charge in [0, 0.05) is 43.5 Å². The number of aromatic nitrogens is 4. The van der Waals surface area contributed by atoms with E-state index >= 15 is 0 Å². The van der Waals surface area contributed by atoms with Crippen LogP contribution in [0.15, 0.2) is 48.8 Å². The zero-order valence-electron chi connectivity index (χ0n) is 16.4. The van der Waals surface area contributed by atoms with Crippen LogP contribution >= 0.6 is 0 Å². The molecule has 1 aliphatic heterocycles. The van der Waals surface area contributed by atoms with E-state index in [4.69, 9.17) is 0 Å². The molecule has 156 valence electrons. The first-order valence-electron chi connectivity index (χ1n) is 9.63. The van der Waals surface area contributed by atoms with Crippen LogP contribution in [0.4, 0.5) is 17.2 Å². The average Bonchev–Trinajstić information content (AvgIpc) is 3.34. The van der Waals surface area contributed by atoms with Gasteiger partial charge in [0.15, 0.2) is 11.6 Å². The SMILES string of the molecule is N#Cc1cc([N+](=O)[O-])ccc1NC(=O)C1CCN(c2ccc(-n3cccn3)nn2)CC1. The lowest BCUT2D eigenvalue weighted by Crippen LogP contribution is -2.38. The number of amides is 1. The van der Waals surface area contributed by atoms with Gasteiger partial charge in [0.05, 0.1) is 16.2 Å². The lowest BCUT2D eigenvalue weighted by molar-refractivity contribution is -0.384. The van der Waals surface area contributed by atoms with Crippen molar-refractivity contribution in [3.63, 3.8) is 0 Å². The maximum Gasteiger partial charge on any atom is 0.270 e. The van der Waals surface area contributed by atoms with E-state index in [9.17, 15) is 20.2 Å². The highest BCUT2D eigenvalue weighted by Crippen LogP contribution is 2.25. The van der Waals surface area contributed by atoms with Gasteiger partial charge in [-0.1, -0.05) is 0 Å². The molecule has 11 heteroatoms. The topological polar surface area (TPSA) is 143 Å². The van der Waals surface area contributed by atoms with E-state index in [2.05, 4.69) is 25.5 Å². The third-order valence-corrected chi connectivity index (χ3v) is 5.16. The lowest BCUT2D eigenvalue weighted by Gasteiger charge is -2.31. The first-order valence-corrected chi connectivity index (χ1v) is 9.63. The summed E-state index contributed by atoms with van der Waals surface area (Å²) in [5.41, 5.74) is 0.149. The molecule has 0 radical (unpaired) electrons. The van der Waals surface area contributed by atoms with Gasteiger partial charge in [-0.3, -0.25) is 14.9 Å². The molecule has 1 saturated heterocycles. The third-order valence-electron chi connectivity index (χ3n) is 5.16. The maximum absolute atomic E-state index is 12.7. The minimum atomic E-state index is -0.577. The monoisotopic (exact) mass is 418 g/mol. The maximum atomic E-state index is 12.7. The van der Waals surface area contributed by atoms with E-state index in [1.54, 1.807) is 17.1 Å². The number of carbonyl (C=O) groups is 1. The van der Waals surface area contributed by atoms with E-state index in [1.807, 2.05) is 24.3 Å². The van der Waals surface area contributed by atoms with E-state index in [0.29, 0.717) is 31.7 Å². The van der Waals surface area contributed by atoms with Crippen molar-refractivity contribution >= 4 is 23.1 Å². The number of non-ortho nitro benzene ring substituents is 1. The van der Waals surface area contributed by atoms with Crippen LogP contribution in [0.5, 0.6) is 0 Å². The summed E-state index contributed by atoms with van der Waals surface area (Å²) in [7, 11) is 0. The Labute approximate surface area is 177 Å². The predicted molar refractivity (Wildman–Crippen MR) is 111 cm³/mol. The van der Waals surface area contributed by atoms with Crippen LogP contribution in [-0.2, 0) is 4.79 Å². The number of nitrogens with one attached hydrogen (secondary N) is 1. The highest BCUT2D eigenvalue weighted by atomic mass is 16.6. The van der Waals surface area contributed by atoms with Crippen molar-refractivity contribution in [1.82, 2.24) is 20.0 Å². The van der Waals surface area contributed by atoms with Crippen LogP contribution in [-0.4, -0.2) is 43.9 Å². The number of nitro benzene ring substituents is 1. The van der Waals surface area contributed by atoms with Crippen molar-refractivity contribution in [2.45, 2.75) is 12.8 Å². The molecular formula is C20H18N8O3. The number of benzene rings is 1.